The van der Waals surface area contributed by atoms with E-state index in [2.05, 4.69) is 0 Å². The summed E-state index contributed by atoms with van der Waals surface area (Å²) < 4.78 is 34.6. The van der Waals surface area contributed by atoms with E-state index in [4.69, 9.17) is 20.9 Å². The van der Waals surface area contributed by atoms with Crippen molar-refractivity contribution in [1.82, 2.24) is 0 Å². The molecule has 2 aromatic carbocycles. The topological polar surface area (TPSA) is 63.6 Å². The molecule has 0 saturated heterocycles. The van der Waals surface area contributed by atoms with Crippen LogP contribution in [0.5, 0.6) is 5.75 Å². The van der Waals surface area contributed by atoms with Gasteiger partial charge in [-0.25, -0.2) is 0 Å². The van der Waals surface area contributed by atoms with Crippen molar-refractivity contribution in [2.24, 2.45) is 0 Å². The molecule has 20 heavy (non-hydrogen) atoms. The van der Waals surface area contributed by atoms with Crippen LogP contribution in [0.3, 0.4) is 0 Å². The average molecular weight is 323 g/mol. The molecule has 0 atom stereocenters. The zero-order valence-electron chi connectivity index (χ0n) is 9.78. The van der Waals surface area contributed by atoms with Gasteiger partial charge < -0.3 is 4.74 Å². The van der Waals surface area contributed by atoms with Gasteiger partial charge >= 0.3 is 39.7 Å². The van der Waals surface area contributed by atoms with Gasteiger partial charge in [-0.2, -0.15) is 8.42 Å². The number of benzene rings is 2. The molecule has 0 aliphatic heterocycles. The predicted molar refractivity (Wildman–Crippen MR) is 81.1 cm³/mol. The van der Waals surface area contributed by atoms with Crippen molar-refractivity contribution in [2.45, 2.75) is 0 Å². The molecule has 0 fully saturated rings. The van der Waals surface area contributed by atoms with Crippen LogP contribution in [-0.4, -0.2) is 48.5 Å². The van der Waals surface area contributed by atoms with Gasteiger partial charge in [-0.05, 0) is 35.4 Å². The van der Waals surface area contributed by atoms with Gasteiger partial charge in [0.05, 0.1) is 0 Å². The van der Waals surface area contributed by atoms with Crippen molar-refractivity contribution in [1.29, 1.82) is 0 Å². The minimum absolute atomic E-state index is 0. The van der Waals surface area contributed by atoms with Gasteiger partial charge in [0.15, 0.2) is 0 Å². The van der Waals surface area contributed by atoms with Crippen molar-refractivity contribution < 1.29 is 17.7 Å². The van der Waals surface area contributed by atoms with Crippen LogP contribution < -0.4 is 4.74 Å². The molecule has 2 aromatic rings. The van der Waals surface area contributed by atoms with Crippen molar-refractivity contribution in [2.75, 3.05) is 5.94 Å². The summed E-state index contributed by atoms with van der Waals surface area (Å²) in [4.78, 5) is 0. The molecule has 0 amide bonds. The Morgan fingerprint density at radius 1 is 0.950 bits per heavy atom. The van der Waals surface area contributed by atoms with Gasteiger partial charge in [0.25, 0.3) is 0 Å². The monoisotopic (exact) mass is 322 g/mol. The summed E-state index contributed by atoms with van der Waals surface area (Å²) in [6.45, 7) is 0. The molecular weight excluding hydrogens is 311 g/mol. The quantitative estimate of drug-likeness (QED) is 0.694. The van der Waals surface area contributed by atoms with E-state index in [1.165, 1.54) is 0 Å². The number of hydrogen-bond acceptors (Lipinski definition) is 3. The van der Waals surface area contributed by atoms with Crippen LogP contribution in [0.25, 0.3) is 11.1 Å². The third-order valence-electron chi connectivity index (χ3n) is 2.41. The van der Waals surface area contributed by atoms with Crippen LogP contribution in [0, 0.1) is 0 Å². The molecule has 0 spiro atoms. The predicted octanol–water partition coefficient (Wildman–Crippen LogP) is 2.58. The Morgan fingerprint density at radius 2 is 1.40 bits per heavy atom. The van der Waals surface area contributed by atoms with Crippen molar-refractivity contribution in [3.8, 4) is 16.9 Å². The van der Waals surface area contributed by atoms with Gasteiger partial charge in [-0.1, -0.05) is 35.9 Å². The van der Waals surface area contributed by atoms with Crippen molar-refractivity contribution >= 4 is 51.3 Å². The Morgan fingerprint density at radius 3 is 1.85 bits per heavy atom. The molecule has 0 saturated carbocycles. The minimum atomic E-state index is -4.13. The summed E-state index contributed by atoms with van der Waals surface area (Å²) >= 11 is 5.81. The van der Waals surface area contributed by atoms with Crippen LogP contribution in [-0.2, 0) is 10.1 Å². The number of rotatable bonds is 4. The van der Waals surface area contributed by atoms with Crippen LogP contribution in [0.4, 0.5) is 0 Å². The van der Waals surface area contributed by atoms with E-state index in [9.17, 15) is 8.42 Å². The first-order chi connectivity index (χ1) is 8.94. The van der Waals surface area contributed by atoms with Gasteiger partial charge in [-0.15, -0.1) is 0 Å². The Bertz CT molecular complexity index is 654. The van der Waals surface area contributed by atoms with Crippen molar-refractivity contribution in [3.05, 3.63) is 53.6 Å². The first-order valence-electron chi connectivity index (χ1n) is 5.38. The fourth-order valence-corrected chi connectivity index (χ4v) is 1.94. The molecule has 0 radical (unpaired) electrons. The molecule has 2 rings (SSSR count). The average Bonchev–Trinajstić information content (AvgIpc) is 2.37. The molecule has 0 aliphatic rings. The maximum absolute atomic E-state index is 10.5. The summed E-state index contributed by atoms with van der Waals surface area (Å²) in [7, 11) is -4.13. The summed E-state index contributed by atoms with van der Waals surface area (Å²) in [6, 6.07) is 14.2. The van der Waals surface area contributed by atoms with Crippen LogP contribution >= 0.6 is 11.6 Å². The SMILES string of the molecule is O=S(=O)(O)COc1ccc(-c2ccc(Cl)cc2)cc1.[NaH]. The van der Waals surface area contributed by atoms with Crippen LogP contribution in [0.2, 0.25) is 5.02 Å². The van der Waals surface area contributed by atoms with Crippen molar-refractivity contribution in [3.63, 3.8) is 0 Å². The van der Waals surface area contributed by atoms with E-state index in [1.54, 1.807) is 36.4 Å². The summed E-state index contributed by atoms with van der Waals surface area (Å²) in [5.41, 5.74) is 1.95. The number of hydrogen-bond donors (Lipinski definition) is 1. The van der Waals surface area contributed by atoms with Crippen LogP contribution in [0.1, 0.15) is 0 Å². The fraction of sp³-hybridized carbons (Fsp3) is 0.0769. The zero-order chi connectivity index (χ0) is 13.9. The van der Waals surface area contributed by atoms with Gasteiger partial charge in [-0.3, -0.25) is 4.55 Å². The standard InChI is InChI=1S/C13H11ClO4S.Na.H/c14-12-5-1-10(2-6-12)11-3-7-13(8-4-11)18-9-19(15,16)17;;/h1-8H,9H2,(H,15,16,17);;. The molecule has 102 valence electrons. The zero-order valence-corrected chi connectivity index (χ0v) is 11.4. The van der Waals surface area contributed by atoms with Gasteiger partial charge in [0.1, 0.15) is 5.75 Å². The molecule has 1 N–H and O–H groups in total. The Kier molecular flexibility index (Phi) is 6.51. The summed E-state index contributed by atoms with van der Waals surface area (Å²) in [5.74, 6) is -0.386. The second-order valence-corrected chi connectivity index (χ2v) is 5.71. The second kappa shape index (κ2) is 7.45. The molecule has 0 unspecified atom stereocenters. The first-order valence-corrected chi connectivity index (χ1v) is 7.37. The fourth-order valence-electron chi connectivity index (χ4n) is 1.53. The third-order valence-corrected chi connectivity index (χ3v) is 3.07. The van der Waals surface area contributed by atoms with E-state index >= 15 is 0 Å². The molecule has 0 heterocycles. The van der Waals surface area contributed by atoms with Gasteiger partial charge in [0.2, 0.25) is 5.94 Å². The Balaban J connectivity index is 0.00000200. The summed E-state index contributed by atoms with van der Waals surface area (Å²) in [5, 5.41) is 0.664. The Hall–Kier alpha value is -0.560. The number of ether oxygens (including phenoxy) is 1. The molecule has 4 nitrogen and oxygen atoms in total. The summed E-state index contributed by atoms with van der Waals surface area (Å²) in [6.07, 6.45) is 0. The molecular formula is C13H12ClNaO4S. The third kappa shape index (κ3) is 5.44. The van der Waals surface area contributed by atoms with E-state index in [-0.39, 0.29) is 29.6 Å². The maximum atomic E-state index is 10.5. The first kappa shape index (κ1) is 17.5. The van der Waals surface area contributed by atoms with Crippen LogP contribution in [0.15, 0.2) is 48.5 Å². The molecule has 0 bridgehead atoms. The van der Waals surface area contributed by atoms with E-state index in [0.29, 0.717) is 10.8 Å². The van der Waals surface area contributed by atoms with E-state index < -0.39 is 16.1 Å². The number of halogens is 1. The normalized spacial score (nSPS) is 10.7. The Labute approximate surface area is 144 Å². The molecule has 0 aliphatic carbocycles. The van der Waals surface area contributed by atoms with E-state index in [1.807, 2.05) is 12.1 Å². The molecule has 7 heteroatoms. The van der Waals surface area contributed by atoms with E-state index in [0.717, 1.165) is 11.1 Å². The molecule has 0 aromatic heterocycles. The second-order valence-electron chi connectivity index (χ2n) is 3.88. The van der Waals surface area contributed by atoms with Gasteiger partial charge in [0, 0.05) is 5.02 Å².